The number of hydrogen-bond acceptors (Lipinski definition) is 3. The maximum atomic E-state index is 12.7. The average Bonchev–Trinajstić information content (AvgIpc) is 2.47. The van der Waals surface area contributed by atoms with Crippen LogP contribution in [0.2, 0.25) is 0 Å². The molecule has 0 saturated carbocycles. The molecule has 1 aliphatic carbocycles. The monoisotopic (exact) mass is 263 g/mol. The molecular formula is C16H14BNO2. The molecule has 98 valence electrons. The van der Waals surface area contributed by atoms with E-state index in [1.165, 1.54) is 0 Å². The molecule has 0 aromatic heterocycles. The van der Waals surface area contributed by atoms with Crippen molar-refractivity contribution < 1.29 is 9.59 Å². The van der Waals surface area contributed by atoms with E-state index in [2.05, 4.69) is 5.32 Å². The van der Waals surface area contributed by atoms with Gasteiger partial charge in [0.15, 0.2) is 11.6 Å². The van der Waals surface area contributed by atoms with Gasteiger partial charge in [0.25, 0.3) is 0 Å². The number of anilines is 1. The fourth-order valence-corrected chi connectivity index (χ4v) is 2.72. The van der Waals surface area contributed by atoms with Crippen LogP contribution < -0.4 is 10.8 Å². The molecule has 1 N–H and O–H groups in total. The third-order valence-corrected chi connectivity index (χ3v) is 3.65. The van der Waals surface area contributed by atoms with Gasteiger partial charge in [-0.25, -0.2) is 0 Å². The van der Waals surface area contributed by atoms with E-state index < -0.39 is 0 Å². The van der Waals surface area contributed by atoms with Crippen molar-refractivity contribution in [3.63, 3.8) is 0 Å². The SMILES string of the molecule is Bc1ccc(NCC)c2c1C(=O)c1ccccc1C2=O. The van der Waals surface area contributed by atoms with Crippen molar-refractivity contribution in [1.29, 1.82) is 0 Å². The van der Waals surface area contributed by atoms with E-state index in [0.29, 0.717) is 28.8 Å². The molecule has 0 heterocycles. The third kappa shape index (κ3) is 1.68. The van der Waals surface area contributed by atoms with Crippen LogP contribution in [0.1, 0.15) is 38.8 Å². The van der Waals surface area contributed by atoms with Gasteiger partial charge < -0.3 is 5.32 Å². The lowest BCUT2D eigenvalue weighted by Gasteiger charge is -2.22. The number of carbonyl (C=O) groups excluding carboxylic acids is 2. The van der Waals surface area contributed by atoms with Gasteiger partial charge in [0.2, 0.25) is 0 Å². The Balaban J connectivity index is 2.32. The lowest BCUT2D eigenvalue weighted by atomic mass is 9.76. The van der Waals surface area contributed by atoms with E-state index in [1.54, 1.807) is 24.3 Å². The Morgan fingerprint density at radius 1 is 0.950 bits per heavy atom. The van der Waals surface area contributed by atoms with Gasteiger partial charge in [-0.3, -0.25) is 9.59 Å². The number of benzene rings is 2. The van der Waals surface area contributed by atoms with Gasteiger partial charge in [-0.15, -0.1) is 0 Å². The van der Waals surface area contributed by atoms with Crippen LogP contribution in [0.25, 0.3) is 0 Å². The molecule has 0 bridgehead atoms. The normalized spacial score (nSPS) is 12.8. The second kappa shape index (κ2) is 4.64. The van der Waals surface area contributed by atoms with E-state index in [-0.39, 0.29) is 11.6 Å². The Kier molecular flexibility index (Phi) is 2.94. The average molecular weight is 263 g/mol. The zero-order chi connectivity index (χ0) is 14.3. The van der Waals surface area contributed by atoms with Crippen LogP contribution in [-0.4, -0.2) is 26.0 Å². The maximum Gasteiger partial charge on any atom is 0.196 e. The largest absolute Gasteiger partial charge is 0.385 e. The van der Waals surface area contributed by atoms with Crippen LogP contribution in [-0.2, 0) is 0 Å². The van der Waals surface area contributed by atoms with Crippen molar-refractivity contribution in [1.82, 2.24) is 0 Å². The highest BCUT2D eigenvalue weighted by molar-refractivity contribution is 6.42. The Morgan fingerprint density at radius 3 is 2.15 bits per heavy atom. The Bertz CT molecular complexity index is 737. The third-order valence-electron chi connectivity index (χ3n) is 3.65. The lowest BCUT2D eigenvalue weighted by Crippen LogP contribution is -2.29. The number of rotatable bonds is 2. The van der Waals surface area contributed by atoms with Crippen molar-refractivity contribution in [2.45, 2.75) is 6.92 Å². The number of hydrogen-bond donors (Lipinski definition) is 1. The molecule has 4 heteroatoms. The molecule has 1 aliphatic rings. The summed E-state index contributed by atoms with van der Waals surface area (Å²) in [4.78, 5) is 25.4. The molecule has 0 saturated heterocycles. The molecule has 0 amide bonds. The summed E-state index contributed by atoms with van der Waals surface area (Å²) in [5, 5.41) is 3.17. The second-order valence-electron chi connectivity index (χ2n) is 4.91. The van der Waals surface area contributed by atoms with Crippen LogP contribution in [0.4, 0.5) is 5.69 Å². The van der Waals surface area contributed by atoms with Crippen molar-refractivity contribution >= 4 is 30.6 Å². The van der Waals surface area contributed by atoms with Crippen molar-refractivity contribution in [2.24, 2.45) is 0 Å². The van der Waals surface area contributed by atoms with Crippen LogP contribution in [0, 0.1) is 0 Å². The quantitative estimate of drug-likeness (QED) is 0.705. The minimum absolute atomic E-state index is 0.0625. The van der Waals surface area contributed by atoms with Gasteiger partial charge in [0.1, 0.15) is 7.85 Å². The second-order valence-corrected chi connectivity index (χ2v) is 4.91. The molecular weight excluding hydrogens is 249 g/mol. The molecule has 2 aromatic carbocycles. The maximum absolute atomic E-state index is 12.7. The van der Waals surface area contributed by atoms with Crippen molar-refractivity contribution in [3.05, 3.63) is 58.7 Å². The molecule has 0 unspecified atom stereocenters. The zero-order valence-corrected chi connectivity index (χ0v) is 11.5. The fraction of sp³-hybridized carbons (Fsp3) is 0.125. The first-order valence-electron chi connectivity index (χ1n) is 6.71. The standard InChI is InChI=1S/C16H14BNO2/c1-2-18-12-8-7-11(17)13-14(12)16(20)10-6-4-3-5-9(10)15(13)19/h3-8,18H,2,17H2,1H3. The summed E-state index contributed by atoms with van der Waals surface area (Å²) >= 11 is 0. The van der Waals surface area contributed by atoms with E-state index in [0.717, 1.165) is 11.2 Å². The molecule has 0 aliphatic heterocycles. The van der Waals surface area contributed by atoms with Crippen LogP contribution in [0.5, 0.6) is 0 Å². The Hall–Kier alpha value is -2.36. The molecule has 0 radical (unpaired) electrons. The van der Waals surface area contributed by atoms with Crippen molar-refractivity contribution in [3.8, 4) is 0 Å². The van der Waals surface area contributed by atoms with Gasteiger partial charge in [0, 0.05) is 28.9 Å². The summed E-state index contributed by atoms with van der Waals surface area (Å²) in [5.41, 5.74) is 3.62. The van der Waals surface area contributed by atoms with Crippen LogP contribution in [0.15, 0.2) is 36.4 Å². The molecule has 0 fully saturated rings. The predicted octanol–water partition coefficient (Wildman–Crippen LogP) is 1.15. The van der Waals surface area contributed by atoms with E-state index in [1.807, 2.05) is 26.9 Å². The Morgan fingerprint density at radius 2 is 1.55 bits per heavy atom. The molecule has 2 aromatic rings. The summed E-state index contributed by atoms with van der Waals surface area (Å²) in [7, 11) is 1.87. The van der Waals surface area contributed by atoms with Gasteiger partial charge in [-0.2, -0.15) is 0 Å². The highest BCUT2D eigenvalue weighted by Gasteiger charge is 2.32. The summed E-state index contributed by atoms with van der Waals surface area (Å²) in [6.07, 6.45) is 0. The van der Waals surface area contributed by atoms with Gasteiger partial charge in [-0.1, -0.05) is 35.8 Å². The highest BCUT2D eigenvalue weighted by Crippen LogP contribution is 2.30. The lowest BCUT2D eigenvalue weighted by molar-refractivity contribution is 0.0980. The van der Waals surface area contributed by atoms with Crippen LogP contribution >= 0.6 is 0 Å². The van der Waals surface area contributed by atoms with Gasteiger partial charge in [-0.05, 0) is 13.0 Å². The number of fused-ring (bicyclic) bond motifs is 2. The number of nitrogens with one attached hydrogen (secondary N) is 1. The van der Waals surface area contributed by atoms with Crippen molar-refractivity contribution in [2.75, 3.05) is 11.9 Å². The first-order valence-corrected chi connectivity index (χ1v) is 6.71. The smallest absolute Gasteiger partial charge is 0.196 e. The fourth-order valence-electron chi connectivity index (χ4n) is 2.72. The first kappa shape index (κ1) is 12.7. The van der Waals surface area contributed by atoms with E-state index in [4.69, 9.17) is 0 Å². The summed E-state index contributed by atoms with van der Waals surface area (Å²) in [6, 6.07) is 10.8. The Labute approximate surface area is 118 Å². The summed E-state index contributed by atoms with van der Waals surface area (Å²) in [6.45, 7) is 2.67. The zero-order valence-electron chi connectivity index (χ0n) is 11.5. The molecule has 20 heavy (non-hydrogen) atoms. The molecule has 0 spiro atoms. The van der Waals surface area contributed by atoms with E-state index in [9.17, 15) is 9.59 Å². The van der Waals surface area contributed by atoms with Gasteiger partial charge in [0.05, 0.1) is 5.56 Å². The number of carbonyl (C=O) groups is 2. The summed E-state index contributed by atoms with van der Waals surface area (Å²) < 4.78 is 0. The minimum atomic E-state index is -0.0742. The van der Waals surface area contributed by atoms with Crippen LogP contribution in [0.3, 0.4) is 0 Å². The van der Waals surface area contributed by atoms with Gasteiger partial charge >= 0.3 is 0 Å². The molecule has 0 atom stereocenters. The topological polar surface area (TPSA) is 46.2 Å². The van der Waals surface area contributed by atoms with E-state index >= 15 is 0 Å². The molecule has 3 nitrogen and oxygen atoms in total. The first-order chi connectivity index (χ1) is 9.65. The summed E-state index contributed by atoms with van der Waals surface area (Å²) in [5.74, 6) is -0.137. The number of ketones is 2. The minimum Gasteiger partial charge on any atom is -0.385 e. The molecule has 3 rings (SSSR count). The predicted molar refractivity (Wildman–Crippen MR) is 82.1 cm³/mol. The highest BCUT2D eigenvalue weighted by atomic mass is 16.1.